The standard InChI is InChI=1S/C12H24N4O3S/c1-20(17,18)16-5-3-2-4-11(16)10-14-12(13)15-6-8-19-9-7-15/h11H,2-10H2,1H3,(H2,13,14). The number of rotatable bonds is 3. The zero-order chi connectivity index (χ0) is 14.6. The van der Waals surface area contributed by atoms with E-state index in [1.807, 2.05) is 4.90 Å². The predicted octanol–water partition coefficient (Wildman–Crippen LogP) is -0.553. The Labute approximate surface area is 120 Å². The summed E-state index contributed by atoms with van der Waals surface area (Å²) in [6.07, 6.45) is 4.09. The van der Waals surface area contributed by atoms with E-state index in [2.05, 4.69) is 4.99 Å². The molecule has 1 atom stereocenters. The van der Waals surface area contributed by atoms with Crippen LogP contribution in [0.3, 0.4) is 0 Å². The number of nitrogens with zero attached hydrogens (tertiary/aromatic N) is 3. The van der Waals surface area contributed by atoms with Gasteiger partial charge in [0.25, 0.3) is 0 Å². The smallest absolute Gasteiger partial charge is 0.211 e. The molecule has 2 heterocycles. The van der Waals surface area contributed by atoms with Crippen LogP contribution in [0.15, 0.2) is 4.99 Å². The monoisotopic (exact) mass is 304 g/mol. The summed E-state index contributed by atoms with van der Waals surface area (Å²) < 4.78 is 30.4. The first-order valence-corrected chi connectivity index (χ1v) is 8.93. The van der Waals surface area contributed by atoms with E-state index in [0.717, 1.165) is 32.4 Å². The van der Waals surface area contributed by atoms with Crippen molar-refractivity contribution in [2.45, 2.75) is 25.3 Å². The quantitative estimate of drug-likeness (QED) is 0.558. The lowest BCUT2D eigenvalue weighted by Crippen LogP contribution is -2.47. The summed E-state index contributed by atoms with van der Waals surface area (Å²) in [6, 6.07) is -0.0571. The summed E-state index contributed by atoms with van der Waals surface area (Å²) in [5, 5.41) is 0. The Balaban J connectivity index is 1.96. The van der Waals surface area contributed by atoms with Crippen LogP contribution in [0.2, 0.25) is 0 Å². The molecular weight excluding hydrogens is 280 g/mol. The maximum Gasteiger partial charge on any atom is 0.211 e. The number of morpholine rings is 1. The molecule has 7 nitrogen and oxygen atoms in total. The number of hydrogen-bond donors (Lipinski definition) is 1. The van der Waals surface area contributed by atoms with Gasteiger partial charge < -0.3 is 15.4 Å². The Morgan fingerprint density at radius 1 is 1.30 bits per heavy atom. The van der Waals surface area contributed by atoms with Crippen molar-refractivity contribution in [1.29, 1.82) is 0 Å². The van der Waals surface area contributed by atoms with Crippen molar-refractivity contribution in [3.8, 4) is 0 Å². The predicted molar refractivity (Wildman–Crippen MR) is 78.1 cm³/mol. The molecule has 0 aromatic carbocycles. The molecule has 0 aromatic rings. The lowest BCUT2D eigenvalue weighted by molar-refractivity contribution is 0.0673. The van der Waals surface area contributed by atoms with Crippen LogP contribution in [0.1, 0.15) is 19.3 Å². The molecule has 2 N–H and O–H groups in total. The molecule has 2 aliphatic rings. The maximum atomic E-state index is 11.8. The SMILES string of the molecule is CS(=O)(=O)N1CCCCC1CN=C(N)N1CCOCC1. The van der Waals surface area contributed by atoms with Gasteiger partial charge in [0.1, 0.15) is 0 Å². The van der Waals surface area contributed by atoms with E-state index < -0.39 is 10.0 Å². The molecule has 0 aliphatic carbocycles. The fourth-order valence-electron chi connectivity index (χ4n) is 2.68. The highest BCUT2D eigenvalue weighted by Crippen LogP contribution is 2.20. The van der Waals surface area contributed by atoms with Crippen LogP contribution in [0.5, 0.6) is 0 Å². The van der Waals surface area contributed by atoms with E-state index in [1.165, 1.54) is 6.26 Å². The second-order valence-corrected chi connectivity index (χ2v) is 7.26. The van der Waals surface area contributed by atoms with E-state index in [1.54, 1.807) is 4.31 Å². The number of piperidine rings is 1. The Hall–Kier alpha value is -0.860. The largest absolute Gasteiger partial charge is 0.378 e. The average molecular weight is 304 g/mol. The molecule has 20 heavy (non-hydrogen) atoms. The minimum absolute atomic E-state index is 0.0571. The van der Waals surface area contributed by atoms with E-state index in [-0.39, 0.29) is 6.04 Å². The Morgan fingerprint density at radius 3 is 2.65 bits per heavy atom. The molecule has 2 fully saturated rings. The maximum absolute atomic E-state index is 11.8. The van der Waals surface area contributed by atoms with Gasteiger partial charge in [0.15, 0.2) is 5.96 Å². The van der Waals surface area contributed by atoms with Crippen LogP contribution in [-0.2, 0) is 14.8 Å². The highest BCUT2D eigenvalue weighted by atomic mass is 32.2. The number of aliphatic imine (C=N–C) groups is 1. The van der Waals surface area contributed by atoms with Crippen LogP contribution in [0.4, 0.5) is 0 Å². The van der Waals surface area contributed by atoms with Crippen molar-refractivity contribution in [2.24, 2.45) is 10.7 Å². The lowest BCUT2D eigenvalue weighted by atomic mass is 10.1. The minimum Gasteiger partial charge on any atom is -0.378 e. The number of ether oxygens (including phenoxy) is 1. The van der Waals surface area contributed by atoms with E-state index in [9.17, 15) is 8.42 Å². The third-order valence-corrected chi connectivity index (χ3v) is 5.13. The molecule has 1 unspecified atom stereocenters. The number of sulfonamides is 1. The first-order chi connectivity index (χ1) is 9.48. The normalized spacial score (nSPS) is 26.8. The number of guanidine groups is 1. The number of hydrogen-bond acceptors (Lipinski definition) is 4. The summed E-state index contributed by atoms with van der Waals surface area (Å²) in [6.45, 7) is 3.85. The van der Waals surface area contributed by atoms with Crippen LogP contribution in [-0.4, -0.2) is 75.3 Å². The van der Waals surface area contributed by atoms with Gasteiger partial charge in [-0.1, -0.05) is 6.42 Å². The molecule has 2 aliphatic heterocycles. The first kappa shape index (κ1) is 15.5. The summed E-state index contributed by atoms with van der Waals surface area (Å²) in [4.78, 5) is 6.38. The van der Waals surface area contributed by atoms with Crippen LogP contribution in [0.25, 0.3) is 0 Å². The van der Waals surface area contributed by atoms with Gasteiger partial charge in [0.2, 0.25) is 10.0 Å². The molecule has 116 valence electrons. The van der Waals surface area contributed by atoms with E-state index in [0.29, 0.717) is 32.3 Å². The van der Waals surface area contributed by atoms with Gasteiger partial charge in [-0.2, -0.15) is 4.31 Å². The zero-order valence-corrected chi connectivity index (χ0v) is 12.8. The Bertz CT molecular complexity index is 446. The fourth-order valence-corrected chi connectivity index (χ4v) is 3.86. The van der Waals surface area contributed by atoms with Crippen LogP contribution < -0.4 is 5.73 Å². The van der Waals surface area contributed by atoms with Gasteiger partial charge in [0.05, 0.1) is 26.0 Å². The van der Waals surface area contributed by atoms with Gasteiger partial charge >= 0.3 is 0 Å². The third-order valence-electron chi connectivity index (χ3n) is 3.80. The van der Waals surface area contributed by atoms with Crippen molar-refractivity contribution in [1.82, 2.24) is 9.21 Å². The van der Waals surface area contributed by atoms with Crippen molar-refractivity contribution < 1.29 is 13.2 Å². The third kappa shape index (κ3) is 4.07. The molecule has 8 heteroatoms. The van der Waals surface area contributed by atoms with Crippen LogP contribution >= 0.6 is 0 Å². The van der Waals surface area contributed by atoms with Crippen molar-refractivity contribution in [3.63, 3.8) is 0 Å². The second kappa shape index (κ2) is 6.73. The topological polar surface area (TPSA) is 88.2 Å². The van der Waals surface area contributed by atoms with Crippen molar-refractivity contribution >= 4 is 16.0 Å². The summed E-state index contributed by atoms with van der Waals surface area (Å²) >= 11 is 0. The minimum atomic E-state index is -3.16. The molecule has 2 rings (SSSR count). The summed E-state index contributed by atoms with van der Waals surface area (Å²) in [7, 11) is -3.16. The molecule has 2 saturated heterocycles. The molecule has 0 aromatic heterocycles. The molecular formula is C12H24N4O3S. The summed E-state index contributed by atoms with van der Waals surface area (Å²) in [5.74, 6) is 0.493. The Kier molecular flexibility index (Phi) is 5.22. The molecule has 0 spiro atoms. The first-order valence-electron chi connectivity index (χ1n) is 7.08. The fraction of sp³-hybridized carbons (Fsp3) is 0.917. The lowest BCUT2D eigenvalue weighted by Gasteiger charge is -2.33. The van der Waals surface area contributed by atoms with Crippen molar-refractivity contribution in [3.05, 3.63) is 0 Å². The molecule has 0 saturated carbocycles. The highest BCUT2D eigenvalue weighted by molar-refractivity contribution is 7.88. The second-order valence-electron chi connectivity index (χ2n) is 5.32. The molecule has 0 bridgehead atoms. The molecule has 0 amide bonds. The van der Waals surface area contributed by atoms with Crippen LogP contribution in [0, 0.1) is 0 Å². The van der Waals surface area contributed by atoms with Gasteiger partial charge in [0, 0.05) is 25.7 Å². The number of nitrogens with two attached hydrogens (primary N) is 1. The summed E-state index contributed by atoms with van der Waals surface area (Å²) in [5.41, 5.74) is 5.97. The van der Waals surface area contributed by atoms with E-state index in [4.69, 9.17) is 10.5 Å². The highest BCUT2D eigenvalue weighted by Gasteiger charge is 2.29. The van der Waals surface area contributed by atoms with Gasteiger partial charge in [-0.3, -0.25) is 4.99 Å². The van der Waals surface area contributed by atoms with Gasteiger partial charge in [-0.15, -0.1) is 0 Å². The Morgan fingerprint density at radius 2 is 2.00 bits per heavy atom. The van der Waals surface area contributed by atoms with E-state index >= 15 is 0 Å². The zero-order valence-electron chi connectivity index (χ0n) is 12.0. The molecule has 0 radical (unpaired) electrons. The average Bonchev–Trinajstić information content (AvgIpc) is 2.45. The van der Waals surface area contributed by atoms with Gasteiger partial charge in [-0.25, -0.2) is 8.42 Å². The van der Waals surface area contributed by atoms with Gasteiger partial charge in [-0.05, 0) is 12.8 Å². The van der Waals surface area contributed by atoms with Crippen molar-refractivity contribution in [2.75, 3.05) is 45.6 Å².